The summed E-state index contributed by atoms with van der Waals surface area (Å²) in [6.07, 6.45) is 1.91. The number of aromatic nitrogens is 2. The maximum atomic E-state index is 13.1. The first-order valence-corrected chi connectivity index (χ1v) is 14.9. The average Bonchev–Trinajstić information content (AvgIpc) is 3.08. The zero-order valence-corrected chi connectivity index (χ0v) is 22.5. The van der Waals surface area contributed by atoms with Crippen LogP contribution in [0.1, 0.15) is 40.0 Å². The van der Waals surface area contributed by atoms with Crippen LogP contribution >= 0.6 is 27.5 Å². The number of halogens is 2. The molecule has 1 aliphatic heterocycles. The molecule has 0 saturated carbocycles. The zero-order chi connectivity index (χ0) is 23.8. The normalized spacial score (nSPS) is 20.0. The van der Waals surface area contributed by atoms with Gasteiger partial charge in [-0.3, -0.25) is 4.79 Å². The van der Waals surface area contributed by atoms with Crippen molar-refractivity contribution in [1.82, 2.24) is 14.5 Å². The SMILES string of the molecule is CC(C)(C)[Si](C)(C)O[C@H]1CCCN(C(=O)O)[C@@H]1CC(=O)Cn1cnc2c(Cl)c(Br)ccc21. The van der Waals surface area contributed by atoms with Crippen molar-refractivity contribution in [3.8, 4) is 0 Å². The van der Waals surface area contributed by atoms with E-state index in [9.17, 15) is 14.7 Å². The quantitative estimate of drug-likeness (QED) is 0.455. The summed E-state index contributed by atoms with van der Waals surface area (Å²) < 4.78 is 9.11. The highest BCUT2D eigenvalue weighted by Crippen LogP contribution is 2.39. The number of benzene rings is 1. The topological polar surface area (TPSA) is 84.7 Å². The molecule has 1 saturated heterocycles. The molecule has 2 heterocycles. The molecule has 1 aromatic carbocycles. The largest absolute Gasteiger partial charge is 0.465 e. The number of hydrogen-bond donors (Lipinski definition) is 1. The number of rotatable bonds is 6. The van der Waals surface area contributed by atoms with Crippen molar-refractivity contribution in [2.75, 3.05) is 6.54 Å². The summed E-state index contributed by atoms with van der Waals surface area (Å²) in [5, 5.41) is 10.3. The number of amides is 1. The predicted octanol–water partition coefficient (Wildman–Crippen LogP) is 5.94. The van der Waals surface area contributed by atoms with Crippen LogP contribution in [0.25, 0.3) is 11.0 Å². The second kappa shape index (κ2) is 9.44. The van der Waals surface area contributed by atoms with Crippen molar-refractivity contribution in [1.29, 1.82) is 0 Å². The van der Waals surface area contributed by atoms with Gasteiger partial charge in [0, 0.05) is 17.4 Å². The first kappa shape index (κ1) is 25.2. The third-order valence-electron chi connectivity index (χ3n) is 6.68. The molecule has 1 fully saturated rings. The minimum absolute atomic E-state index is 0.00364. The molecule has 1 amide bonds. The van der Waals surface area contributed by atoms with Crippen molar-refractivity contribution in [2.45, 2.75) is 76.9 Å². The highest BCUT2D eigenvalue weighted by atomic mass is 79.9. The minimum Gasteiger partial charge on any atom is -0.465 e. The Balaban J connectivity index is 1.81. The molecular weight excluding hydrogens is 514 g/mol. The van der Waals surface area contributed by atoms with E-state index in [1.165, 1.54) is 4.90 Å². The molecule has 0 bridgehead atoms. The number of ketones is 1. The van der Waals surface area contributed by atoms with Crippen LogP contribution < -0.4 is 0 Å². The van der Waals surface area contributed by atoms with Gasteiger partial charge in [-0.1, -0.05) is 32.4 Å². The summed E-state index contributed by atoms with van der Waals surface area (Å²) in [5.41, 5.74) is 1.39. The molecule has 7 nitrogen and oxygen atoms in total. The Hall–Kier alpha value is -1.42. The first-order chi connectivity index (χ1) is 14.8. The average molecular weight is 545 g/mol. The van der Waals surface area contributed by atoms with Gasteiger partial charge in [0.1, 0.15) is 5.52 Å². The van der Waals surface area contributed by atoms with E-state index in [4.69, 9.17) is 16.0 Å². The lowest BCUT2D eigenvalue weighted by Crippen LogP contribution is -2.56. The van der Waals surface area contributed by atoms with Crippen molar-refractivity contribution in [2.24, 2.45) is 0 Å². The van der Waals surface area contributed by atoms with Crippen LogP contribution in [-0.2, 0) is 15.8 Å². The molecule has 32 heavy (non-hydrogen) atoms. The van der Waals surface area contributed by atoms with Crippen LogP contribution in [0.5, 0.6) is 0 Å². The molecule has 0 aliphatic carbocycles. The second-order valence-corrected chi connectivity index (χ2v) is 15.9. The molecule has 2 atom stereocenters. The van der Waals surface area contributed by atoms with Crippen LogP contribution in [0.15, 0.2) is 22.9 Å². The number of carboxylic acid groups (broad SMARTS) is 1. The molecule has 0 spiro atoms. The summed E-state index contributed by atoms with van der Waals surface area (Å²) in [7, 11) is -2.13. The standard InChI is InChI=1S/C22H31BrClN3O4Si/c1-22(2,3)32(4,5)31-18-7-6-10-27(21(29)30)17(18)11-14(28)12-26-13-25-20-16(26)9-8-15(23)19(20)24/h8-9,13,17-18H,6-7,10-12H2,1-5H3,(H,29,30)/t17-,18+/m1/s1. The maximum Gasteiger partial charge on any atom is 0.407 e. The number of fused-ring (bicyclic) bond motifs is 1. The van der Waals surface area contributed by atoms with Crippen LogP contribution in [0.2, 0.25) is 23.2 Å². The van der Waals surface area contributed by atoms with Gasteiger partial charge in [-0.05, 0) is 59.0 Å². The molecule has 3 rings (SSSR count). The molecule has 10 heteroatoms. The predicted molar refractivity (Wildman–Crippen MR) is 132 cm³/mol. The Morgan fingerprint density at radius 1 is 1.34 bits per heavy atom. The molecule has 1 aliphatic rings. The summed E-state index contributed by atoms with van der Waals surface area (Å²) in [5.74, 6) is -0.0645. The van der Waals surface area contributed by atoms with E-state index in [0.717, 1.165) is 22.8 Å². The minimum atomic E-state index is -2.13. The second-order valence-electron chi connectivity index (χ2n) is 9.95. The fraction of sp³-hybridized carbons (Fsp3) is 0.591. The van der Waals surface area contributed by atoms with Crippen molar-refractivity contribution in [3.05, 3.63) is 28.0 Å². The lowest BCUT2D eigenvalue weighted by atomic mass is 9.95. The van der Waals surface area contributed by atoms with E-state index in [1.54, 1.807) is 10.9 Å². The smallest absolute Gasteiger partial charge is 0.407 e. The molecule has 1 aromatic heterocycles. The van der Waals surface area contributed by atoms with E-state index in [-0.39, 0.29) is 29.9 Å². The molecular formula is C22H31BrClN3O4Si. The van der Waals surface area contributed by atoms with Gasteiger partial charge in [0.05, 0.1) is 35.6 Å². The highest BCUT2D eigenvalue weighted by Gasteiger charge is 2.44. The van der Waals surface area contributed by atoms with Gasteiger partial charge in [0.15, 0.2) is 14.1 Å². The van der Waals surface area contributed by atoms with Gasteiger partial charge >= 0.3 is 6.09 Å². The monoisotopic (exact) mass is 543 g/mol. The zero-order valence-electron chi connectivity index (χ0n) is 19.2. The van der Waals surface area contributed by atoms with E-state index in [0.29, 0.717) is 17.1 Å². The first-order valence-electron chi connectivity index (χ1n) is 10.8. The Kier molecular flexibility index (Phi) is 7.44. The van der Waals surface area contributed by atoms with Gasteiger partial charge < -0.3 is 19.0 Å². The van der Waals surface area contributed by atoms with Crippen molar-refractivity contribution < 1.29 is 19.1 Å². The van der Waals surface area contributed by atoms with E-state index in [1.807, 2.05) is 12.1 Å². The number of hydrogen-bond acceptors (Lipinski definition) is 4. The van der Waals surface area contributed by atoms with E-state index in [2.05, 4.69) is 54.8 Å². The van der Waals surface area contributed by atoms with Crippen LogP contribution in [0, 0.1) is 0 Å². The molecule has 2 aromatic rings. The number of likely N-dealkylation sites (tertiary alicyclic amines) is 1. The Bertz CT molecular complexity index is 1020. The number of carbonyl (C=O) groups excluding carboxylic acids is 1. The summed E-state index contributed by atoms with van der Waals surface area (Å²) in [6.45, 7) is 11.3. The maximum absolute atomic E-state index is 13.1. The third kappa shape index (κ3) is 5.21. The lowest BCUT2D eigenvalue weighted by molar-refractivity contribution is -0.122. The van der Waals surface area contributed by atoms with Crippen molar-refractivity contribution >= 4 is 58.8 Å². The Labute approximate surface area is 203 Å². The van der Waals surface area contributed by atoms with Crippen LogP contribution in [0.3, 0.4) is 0 Å². The molecule has 1 N–H and O–H groups in total. The lowest BCUT2D eigenvalue weighted by Gasteiger charge is -2.45. The van der Waals surface area contributed by atoms with Gasteiger partial charge in [-0.2, -0.15) is 0 Å². The van der Waals surface area contributed by atoms with Gasteiger partial charge in [0.25, 0.3) is 0 Å². The number of imidazole rings is 1. The summed E-state index contributed by atoms with van der Waals surface area (Å²) in [4.78, 5) is 30.8. The fourth-order valence-electron chi connectivity index (χ4n) is 3.88. The van der Waals surface area contributed by atoms with Crippen molar-refractivity contribution in [3.63, 3.8) is 0 Å². The van der Waals surface area contributed by atoms with E-state index >= 15 is 0 Å². The number of piperidine rings is 1. The number of Topliss-reactive ketones (excluding diaryl/α,β-unsaturated/α-hetero) is 1. The van der Waals surface area contributed by atoms with Gasteiger partial charge in [0.2, 0.25) is 0 Å². The Morgan fingerprint density at radius 2 is 2.03 bits per heavy atom. The van der Waals surface area contributed by atoms with E-state index < -0.39 is 20.5 Å². The Morgan fingerprint density at radius 3 is 2.66 bits per heavy atom. The van der Waals surface area contributed by atoms with Crippen LogP contribution in [-0.4, -0.2) is 58.4 Å². The molecule has 0 radical (unpaired) electrons. The van der Waals surface area contributed by atoms with Crippen LogP contribution in [0.4, 0.5) is 4.79 Å². The summed E-state index contributed by atoms with van der Waals surface area (Å²) >= 11 is 9.70. The third-order valence-corrected chi connectivity index (χ3v) is 12.5. The van der Waals surface area contributed by atoms with Gasteiger partial charge in [-0.25, -0.2) is 9.78 Å². The summed E-state index contributed by atoms with van der Waals surface area (Å²) in [6, 6.07) is 3.19. The fourth-order valence-corrected chi connectivity index (χ4v) is 5.80. The molecule has 0 unspecified atom stereocenters. The number of nitrogens with zero attached hydrogens (tertiary/aromatic N) is 3. The highest BCUT2D eigenvalue weighted by molar-refractivity contribution is 9.10. The molecule has 176 valence electrons. The van der Waals surface area contributed by atoms with Gasteiger partial charge in [-0.15, -0.1) is 0 Å². The number of carbonyl (C=O) groups is 2.